The Balaban J connectivity index is 1.70. The van der Waals surface area contributed by atoms with Gasteiger partial charge in [-0.05, 0) is 66.7 Å². The number of fused-ring (bicyclic) bond motifs is 7. The van der Waals surface area contributed by atoms with E-state index in [1.54, 1.807) is 12.1 Å². The molecule has 8 rings (SSSR count). The highest BCUT2D eigenvalue weighted by Gasteiger charge is 2.50. The second kappa shape index (κ2) is 7.96. The highest BCUT2D eigenvalue weighted by molar-refractivity contribution is 6.07. The van der Waals surface area contributed by atoms with Crippen LogP contribution in [0.1, 0.15) is 22.3 Å². The first-order chi connectivity index (χ1) is 19.2. The van der Waals surface area contributed by atoms with Gasteiger partial charge in [0.05, 0.1) is 5.41 Å². The molecule has 0 aliphatic heterocycles. The zero-order valence-corrected chi connectivity index (χ0v) is 21.1. The highest BCUT2D eigenvalue weighted by Crippen LogP contribution is 2.62. The van der Waals surface area contributed by atoms with Crippen LogP contribution >= 0.6 is 0 Å². The van der Waals surface area contributed by atoms with E-state index >= 15 is 0 Å². The average molecular weight is 501 g/mol. The molecular weight excluding hydrogens is 476 g/mol. The topological polar surface area (TPSA) is 40.5 Å². The highest BCUT2D eigenvalue weighted by atomic mass is 16.3. The van der Waals surface area contributed by atoms with E-state index in [1.165, 1.54) is 0 Å². The zero-order valence-electron chi connectivity index (χ0n) is 21.1. The third-order valence-corrected chi connectivity index (χ3v) is 8.50. The standard InChI is InChI=1S/C37H24O2/c38-32-21-18-24-10-2-5-13-27(24)35(32)37(36-28-14-6-3-11-25(28)19-22-33(36)39)30-16-8-7-15-29(30)34-26-12-4-1-9-23(26)17-20-31(34)37/h1-22,38-39H. The van der Waals surface area contributed by atoms with Crippen LogP contribution in [0.25, 0.3) is 43.4 Å². The monoisotopic (exact) mass is 500 g/mol. The van der Waals surface area contributed by atoms with Crippen molar-refractivity contribution in [1.29, 1.82) is 0 Å². The number of phenolic OH excluding ortho intramolecular Hbond substituents is 2. The molecule has 39 heavy (non-hydrogen) atoms. The predicted molar refractivity (Wildman–Crippen MR) is 160 cm³/mol. The Morgan fingerprint density at radius 1 is 0.385 bits per heavy atom. The van der Waals surface area contributed by atoms with Gasteiger partial charge in [0, 0.05) is 11.1 Å². The summed E-state index contributed by atoms with van der Waals surface area (Å²) in [4.78, 5) is 0. The number of benzene rings is 7. The number of hydrogen-bond donors (Lipinski definition) is 2. The summed E-state index contributed by atoms with van der Waals surface area (Å²) in [5.74, 6) is 0.411. The molecule has 0 saturated carbocycles. The molecule has 184 valence electrons. The number of hydrogen-bond acceptors (Lipinski definition) is 2. The maximum absolute atomic E-state index is 11.8. The summed E-state index contributed by atoms with van der Waals surface area (Å²) in [5, 5.41) is 30.0. The lowest BCUT2D eigenvalue weighted by atomic mass is 9.64. The number of aromatic hydroxyl groups is 2. The Morgan fingerprint density at radius 3 is 1.46 bits per heavy atom. The Morgan fingerprint density at radius 2 is 0.846 bits per heavy atom. The molecule has 0 bridgehead atoms. The van der Waals surface area contributed by atoms with E-state index in [9.17, 15) is 10.2 Å². The van der Waals surface area contributed by atoms with Crippen LogP contribution in [0.3, 0.4) is 0 Å². The molecular formula is C37H24O2. The summed E-state index contributed by atoms with van der Waals surface area (Å²) in [6.07, 6.45) is 0. The summed E-state index contributed by atoms with van der Waals surface area (Å²) in [6, 6.07) is 45.2. The van der Waals surface area contributed by atoms with Crippen molar-refractivity contribution >= 4 is 32.3 Å². The van der Waals surface area contributed by atoms with Gasteiger partial charge in [-0.3, -0.25) is 0 Å². The van der Waals surface area contributed by atoms with Crippen LogP contribution in [0.15, 0.2) is 133 Å². The van der Waals surface area contributed by atoms with Crippen molar-refractivity contribution in [1.82, 2.24) is 0 Å². The summed E-state index contributed by atoms with van der Waals surface area (Å²) in [6.45, 7) is 0. The lowest BCUT2D eigenvalue weighted by Gasteiger charge is -2.36. The fourth-order valence-electron chi connectivity index (χ4n) is 7.02. The third-order valence-electron chi connectivity index (χ3n) is 8.50. The van der Waals surface area contributed by atoms with Gasteiger partial charge in [-0.15, -0.1) is 0 Å². The Bertz CT molecular complexity index is 2020. The minimum atomic E-state index is -0.966. The number of phenols is 2. The molecule has 0 saturated heterocycles. The van der Waals surface area contributed by atoms with E-state index in [0.717, 1.165) is 65.7 Å². The summed E-state index contributed by atoms with van der Waals surface area (Å²) in [5.41, 5.74) is 4.97. The second-order valence-electron chi connectivity index (χ2n) is 10.4. The molecule has 7 aromatic carbocycles. The Kier molecular flexibility index (Phi) is 4.48. The first-order valence-corrected chi connectivity index (χ1v) is 13.2. The third kappa shape index (κ3) is 2.81. The fraction of sp³-hybridized carbons (Fsp3) is 0.0270. The molecule has 0 fully saturated rings. The predicted octanol–water partition coefficient (Wildman–Crippen LogP) is 8.92. The first-order valence-electron chi connectivity index (χ1n) is 13.2. The molecule has 0 amide bonds. The minimum Gasteiger partial charge on any atom is -0.508 e. The van der Waals surface area contributed by atoms with Gasteiger partial charge in [0.15, 0.2) is 0 Å². The maximum atomic E-state index is 11.8. The van der Waals surface area contributed by atoms with E-state index < -0.39 is 5.41 Å². The van der Waals surface area contributed by atoms with E-state index in [-0.39, 0.29) is 11.5 Å². The van der Waals surface area contributed by atoms with Crippen LogP contribution in [-0.4, -0.2) is 10.2 Å². The van der Waals surface area contributed by atoms with Crippen molar-refractivity contribution < 1.29 is 10.2 Å². The molecule has 2 heteroatoms. The van der Waals surface area contributed by atoms with Crippen LogP contribution in [0.5, 0.6) is 11.5 Å². The average Bonchev–Trinajstić information content (AvgIpc) is 3.28. The van der Waals surface area contributed by atoms with Crippen LogP contribution in [0, 0.1) is 0 Å². The largest absolute Gasteiger partial charge is 0.508 e. The van der Waals surface area contributed by atoms with Crippen LogP contribution in [-0.2, 0) is 5.41 Å². The molecule has 0 aromatic heterocycles. The molecule has 1 aliphatic carbocycles. The van der Waals surface area contributed by atoms with Crippen molar-refractivity contribution in [3.8, 4) is 22.6 Å². The van der Waals surface area contributed by atoms with Crippen LogP contribution in [0.4, 0.5) is 0 Å². The van der Waals surface area contributed by atoms with Crippen molar-refractivity contribution in [3.05, 3.63) is 156 Å². The van der Waals surface area contributed by atoms with Gasteiger partial charge in [-0.1, -0.05) is 121 Å². The lowest BCUT2D eigenvalue weighted by molar-refractivity contribution is 0.451. The SMILES string of the molecule is Oc1ccc2ccccc2c1C1(c2c(O)ccc3ccccc23)c2ccccc2-c2c1ccc1ccccc21. The molecule has 7 aromatic rings. The van der Waals surface area contributed by atoms with E-state index in [4.69, 9.17) is 0 Å². The lowest BCUT2D eigenvalue weighted by Crippen LogP contribution is -2.29. The Hall–Kier alpha value is -5.08. The van der Waals surface area contributed by atoms with Gasteiger partial charge in [-0.2, -0.15) is 0 Å². The minimum absolute atomic E-state index is 0.205. The molecule has 0 unspecified atom stereocenters. The molecule has 0 atom stereocenters. The van der Waals surface area contributed by atoms with E-state index in [2.05, 4.69) is 84.9 Å². The van der Waals surface area contributed by atoms with Crippen molar-refractivity contribution in [2.75, 3.05) is 0 Å². The quantitative estimate of drug-likeness (QED) is 0.249. The van der Waals surface area contributed by atoms with Gasteiger partial charge < -0.3 is 10.2 Å². The van der Waals surface area contributed by atoms with Gasteiger partial charge >= 0.3 is 0 Å². The molecule has 2 N–H and O–H groups in total. The van der Waals surface area contributed by atoms with Crippen LogP contribution < -0.4 is 0 Å². The summed E-state index contributed by atoms with van der Waals surface area (Å²) < 4.78 is 0. The van der Waals surface area contributed by atoms with Crippen molar-refractivity contribution in [2.45, 2.75) is 5.41 Å². The zero-order chi connectivity index (χ0) is 26.1. The first kappa shape index (κ1) is 22.0. The second-order valence-corrected chi connectivity index (χ2v) is 10.4. The van der Waals surface area contributed by atoms with Gasteiger partial charge in [-0.25, -0.2) is 0 Å². The van der Waals surface area contributed by atoms with Crippen molar-refractivity contribution in [2.24, 2.45) is 0 Å². The maximum Gasteiger partial charge on any atom is 0.121 e. The molecule has 0 radical (unpaired) electrons. The summed E-state index contributed by atoms with van der Waals surface area (Å²) in [7, 11) is 0. The molecule has 0 heterocycles. The van der Waals surface area contributed by atoms with Gasteiger partial charge in [0.1, 0.15) is 11.5 Å². The van der Waals surface area contributed by atoms with Gasteiger partial charge in [0.2, 0.25) is 0 Å². The van der Waals surface area contributed by atoms with Gasteiger partial charge in [0.25, 0.3) is 0 Å². The molecule has 2 nitrogen and oxygen atoms in total. The van der Waals surface area contributed by atoms with E-state index in [0.29, 0.717) is 0 Å². The number of rotatable bonds is 2. The Labute approximate surface area is 226 Å². The fourth-order valence-corrected chi connectivity index (χ4v) is 7.02. The van der Waals surface area contributed by atoms with Crippen LogP contribution in [0.2, 0.25) is 0 Å². The smallest absolute Gasteiger partial charge is 0.121 e. The normalized spacial score (nSPS) is 13.5. The molecule has 1 aliphatic rings. The summed E-state index contributed by atoms with van der Waals surface area (Å²) >= 11 is 0. The van der Waals surface area contributed by atoms with Crippen molar-refractivity contribution in [3.63, 3.8) is 0 Å². The molecule has 0 spiro atoms. The van der Waals surface area contributed by atoms with E-state index in [1.807, 2.05) is 36.4 Å².